The van der Waals surface area contributed by atoms with E-state index in [0.29, 0.717) is 12.0 Å². The zero-order valence-corrected chi connectivity index (χ0v) is 11.4. The molecule has 1 aliphatic rings. The predicted molar refractivity (Wildman–Crippen MR) is 70.2 cm³/mol. The molecule has 0 saturated carbocycles. The van der Waals surface area contributed by atoms with Crippen LogP contribution in [0.5, 0.6) is 0 Å². The third-order valence-electron chi connectivity index (χ3n) is 3.75. The molecule has 0 amide bonds. The monoisotopic (exact) mass is 233 g/mol. The summed E-state index contributed by atoms with van der Waals surface area (Å²) in [4.78, 5) is 11.7. The third kappa shape index (κ3) is 2.83. The summed E-state index contributed by atoms with van der Waals surface area (Å²) in [5.74, 6) is 0.609. The van der Waals surface area contributed by atoms with Gasteiger partial charge in [-0.05, 0) is 53.6 Å². The first-order chi connectivity index (χ1) is 8.08. The molecule has 2 heterocycles. The molecule has 1 aromatic rings. The largest absolute Gasteiger partial charge is 0.301 e. The lowest BCUT2D eigenvalue weighted by Gasteiger charge is -2.34. The molecular formula is C14H23N3. The number of piperidine rings is 1. The van der Waals surface area contributed by atoms with Crippen molar-refractivity contribution < 1.29 is 0 Å². The van der Waals surface area contributed by atoms with Crippen LogP contribution < -0.4 is 0 Å². The minimum absolute atomic E-state index is 0.609. The molecular weight excluding hydrogens is 210 g/mol. The molecule has 1 fully saturated rings. The van der Waals surface area contributed by atoms with Gasteiger partial charge in [0.25, 0.3) is 0 Å². The maximum Gasteiger partial charge on any atom is 0.0647 e. The Morgan fingerprint density at radius 2 is 1.88 bits per heavy atom. The van der Waals surface area contributed by atoms with Crippen LogP contribution in [0, 0.1) is 13.8 Å². The van der Waals surface area contributed by atoms with Gasteiger partial charge < -0.3 is 4.90 Å². The van der Waals surface area contributed by atoms with E-state index in [1.807, 2.05) is 13.1 Å². The zero-order chi connectivity index (χ0) is 12.4. The van der Waals surface area contributed by atoms with Crippen LogP contribution in [0.15, 0.2) is 6.20 Å². The Labute approximate surface area is 104 Å². The lowest BCUT2D eigenvalue weighted by atomic mass is 9.91. The van der Waals surface area contributed by atoms with Gasteiger partial charge in [0.2, 0.25) is 0 Å². The van der Waals surface area contributed by atoms with Crippen molar-refractivity contribution in [3.63, 3.8) is 0 Å². The quantitative estimate of drug-likeness (QED) is 0.786. The summed E-state index contributed by atoms with van der Waals surface area (Å²) in [6, 6.07) is 0.668. The second-order valence-electron chi connectivity index (χ2n) is 5.39. The van der Waals surface area contributed by atoms with Crippen molar-refractivity contribution in [2.45, 2.75) is 52.5 Å². The zero-order valence-electron chi connectivity index (χ0n) is 11.4. The van der Waals surface area contributed by atoms with Crippen LogP contribution in [0.25, 0.3) is 0 Å². The first-order valence-corrected chi connectivity index (χ1v) is 6.62. The minimum Gasteiger partial charge on any atom is -0.301 e. The summed E-state index contributed by atoms with van der Waals surface area (Å²) in [6.07, 6.45) is 4.34. The van der Waals surface area contributed by atoms with Crippen LogP contribution in [0.2, 0.25) is 0 Å². The van der Waals surface area contributed by atoms with E-state index in [1.54, 1.807) is 0 Å². The summed E-state index contributed by atoms with van der Waals surface area (Å²) in [6.45, 7) is 11.0. The molecule has 3 nitrogen and oxygen atoms in total. The molecule has 0 N–H and O–H groups in total. The maximum atomic E-state index is 4.59. The van der Waals surface area contributed by atoms with Gasteiger partial charge in [0.05, 0.1) is 17.1 Å². The van der Waals surface area contributed by atoms with Crippen molar-refractivity contribution in [2.24, 2.45) is 0 Å². The van der Waals surface area contributed by atoms with Crippen LogP contribution in [-0.4, -0.2) is 34.0 Å². The van der Waals surface area contributed by atoms with Gasteiger partial charge in [-0.2, -0.15) is 0 Å². The van der Waals surface area contributed by atoms with Crippen molar-refractivity contribution in [1.29, 1.82) is 0 Å². The van der Waals surface area contributed by atoms with Crippen molar-refractivity contribution >= 4 is 0 Å². The standard InChI is InChI=1S/C14H23N3/c1-10(2)17-7-5-13(6-8-17)14-12(4)16-11(3)9-15-14/h9-10,13H,5-8H2,1-4H3. The molecule has 94 valence electrons. The van der Waals surface area contributed by atoms with Gasteiger partial charge in [-0.3, -0.25) is 9.97 Å². The predicted octanol–water partition coefficient (Wildman–Crippen LogP) is 2.68. The molecule has 1 saturated heterocycles. The number of aromatic nitrogens is 2. The van der Waals surface area contributed by atoms with Crippen LogP contribution >= 0.6 is 0 Å². The van der Waals surface area contributed by atoms with Gasteiger partial charge in [-0.1, -0.05) is 0 Å². The molecule has 3 heteroatoms. The second-order valence-corrected chi connectivity index (χ2v) is 5.39. The molecule has 0 bridgehead atoms. The summed E-state index contributed by atoms with van der Waals surface area (Å²) < 4.78 is 0. The molecule has 0 radical (unpaired) electrons. The molecule has 0 aliphatic carbocycles. The highest BCUT2D eigenvalue weighted by atomic mass is 15.1. The second kappa shape index (κ2) is 5.13. The number of rotatable bonds is 2. The Kier molecular flexibility index (Phi) is 3.77. The summed E-state index contributed by atoms with van der Waals surface area (Å²) in [7, 11) is 0. The van der Waals surface area contributed by atoms with E-state index in [9.17, 15) is 0 Å². The first kappa shape index (κ1) is 12.5. The molecule has 0 aromatic carbocycles. The van der Waals surface area contributed by atoms with Crippen molar-refractivity contribution in [2.75, 3.05) is 13.1 Å². The summed E-state index contributed by atoms with van der Waals surface area (Å²) in [5, 5.41) is 0. The number of nitrogens with zero attached hydrogens (tertiary/aromatic N) is 3. The van der Waals surface area contributed by atoms with Gasteiger partial charge in [0, 0.05) is 18.2 Å². The Balaban J connectivity index is 2.05. The number of hydrogen-bond acceptors (Lipinski definition) is 3. The van der Waals surface area contributed by atoms with Crippen LogP contribution in [0.3, 0.4) is 0 Å². The fourth-order valence-corrected chi connectivity index (χ4v) is 2.70. The SMILES string of the molecule is Cc1cnc(C2CCN(C(C)C)CC2)c(C)n1. The Morgan fingerprint density at radius 1 is 1.24 bits per heavy atom. The van der Waals surface area contributed by atoms with Gasteiger partial charge >= 0.3 is 0 Å². The van der Waals surface area contributed by atoms with E-state index in [2.05, 4.69) is 35.6 Å². The van der Waals surface area contributed by atoms with E-state index >= 15 is 0 Å². The van der Waals surface area contributed by atoms with E-state index in [4.69, 9.17) is 0 Å². The van der Waals surface area contributed by atoms with Crippen molar-refractivity contribution in [3.8, 4) is 0 Å². The minimum atomic E-state index is 0.609. The first-order valence-electron chi connectivity index (χ1n) is 6.62. The van der Waals surface area contributed by atoms with Gasteiger partial charge in [-0.25, -0.2) is 0 Å². The molecule has 17 heavy (non-hydrogen) atoms. The lowest BCUT2D eigenvalue weighted by Crippen LogP contribution is -2.38. The third-order valence-corrected chi connectivity index (χ3v) is 3.75. The van der Waals surface area contributed by atoms with Gasteiger partial charge in [0.15, 0.2) is 0 Å². The average Bonchev–Trinajstić information content (AvgIpc) is 2.29. The van der Waals surface area contributed by atoms with Gasteiger partial charge in [-0.15, -0.1) is 0 Å². The Morgan fingerprint density at radius 3 is 2.41 bits per heavy atom. The highest BCUT2D eigenvalue weighted by Crippen LogP contribution is 2.28. The maximum absolute atomic E-state index is 4.59. The molecule has 0 spiro atoms. The lowest BCUT2D eigenvalue weighted by molar-refractivity contribution is 0.170. The van der Waals surface area contributed by atoms with Gasteiger partial charge in [0.1, 0.15) is 0 Å². The van der Waals surface area contributed by atoms with E-state index < -0.39 is 0 Å². The number of hydrogen-bond donors (Lipinski definition) is 0. The Bertz CT molecular complexity index is 379. The Hall–Kier alpha value is -0.960. The number of aryl methyl sites for hydroxylation is 2. The highest BCUT2D eigenvalue weighted by Gasteiger charge is 2.24. The normalized spacial score (nSPS) is 18.9. The molecule has 0 unspecified atom stereocenters. The summed E-state index contributed by atoms with van der Waals surface area (Å²) in [5.41, 5.74) is 3.36. The van der Waals surface area contributed by atoms with Crippen molar-refractivity contribution in [1.82, 2.24) is 14.9 Å². The molecule has 2 rings (SSSR count). The van der Waals surface area contributed by atoms with E-state index in [0.717, 1.165) is 11.4 Å². The molecule has 1 aliphatic heterocycles. The van der Waals surface area contributed by atoms with Crippen LogP contribution in [0.4, 0.5) is 0 Å². The topological polar surface area (TPSA) is 29.0 Å². The average molecular weight is 233 g/mol. The van der Waals surface area contributed by atoms with Crippen molar-refractivity contribution in [3.05, 3.63) is 23.3 Å². The van der Waals surface area contributed by atoms with E-state index in [-0.39, 0.29) is 0 Å². The van der Waals surface area contributed by atoms with Crippen LogP contribution in [0.1, 0.15) is 49.7 Å². The highest BCUT2D eigenvalue weighted by molar-refractivity contribution is 5.17. The fourth-order valence-electron chi connectivity index (χ4n) is 2.70. The molecule has 1 aromatic heterocycles. The van der Waals surface area contributed by atoms with Crippen LogP contribution in [-0.2, 0) is 0 Å². The number of likely N-dealkylation sites (tertiary alicyclic amines) is 1. The smallest absolute Gasteiger partial charge is 0.0647 e. The van der Waals surface area contributed by atoms with E-state index in [1.165, 1.54) is 31.6 Å². The fraction of sp³-hybridized carbons (Fsp3) is 0.714. The summed E-state index contributed by atoms with van der Waals surface area (Å²) >= 11 is 0. The molecule has 0 atom stereocenters.